The second kappa shape index (κ2) is 33.3. The number of carbonyl (C=O) groups excluding carboxylic acids is 1. The fourth-order valence-electron chi connectivity index (χ4n) is 5.67. The van der Waals surface area contributed by atoms with Crippen LogP contribution >= 0.6 is 7.82 Å². The summed E-state index contributed by atoms with van der Waals surface area (Å²) in [5, 5.41) is 23.8. The Morgan fingerprint density at radius 2 is 1.31 bits per heavy atom. The molecule has 0 aromatic heterocycles. The summed E-state index contributed by atoms with van der Waals surface area (Å²) in [6.07, 6.45) is 34.9. The third kappa shape index (κ3) is 35.5. The van der Waals surface area contributed by atoms with Crippen LogP contribution in [0.2, 0.25) is 0 Å². The molecule has 0 bridgehead atoms. The van der Waals surface area contributed by atoms with Crippen LogP contribution in [-0.2, 0) is 18.4 Å². The summed E-state index contributed by atoms with van der Waals surface area (Å²) in [5.74, 6) is -0.186. The summed E-state index contributed by atoms with van der Waals surface area (Å²) in [6, 6.07) is -0.785. The van der Waals surface area contributed by atoms with E-state index < -0.39 is 26.1 Å². The second-order valence-corrected chi connectivity index (χ2v) is 16.6. The van der Waals surface area contributed by atoms with E-state index in [9.17, 15) is 24.5 Å². The molecule has 2 unspecified atom stereocenters. The van der Waals surface area contributed by atoms with Crippen LogP contribution in [0.3, 0.4) is 0 Å². The van der Waals surface area contributed by atoms with Crippen molar-refractivity contribution in [3.8, 4) is 0 Å². The third-order valence-electron chi connectivity index (χ3n) is 8.98. The molecule has 0 radical (unpaired) electrons. The highest BCUT2D eigenvalue weighted by Gasteiger charge is 2.28. The smallest absolute Gasteiger partial charge is 0.391 e. The maximum Gasteiger partial charge on any atom is 0.472 e. The minimum Gasteiger partial charge on any atom is -0.391 e. The molecule has 1 amide bonds. The van der Waals surface area contributed by atoms with Crippen LogP contribution < -0.4 is 5.32 Å². The van der Waals surface area contributed by atoms with Crippen molar-refractivity contribution in [2.75, 3.05) is 40.9 Å². The van der Waals surface area contributed by atoms with Gasteiger partial charge in [0.15, 0.2) is 0 Å². The van der Waals surface area contributed by atoms with Gasteiger partial charge in [0.05, 0.1) is 46.0 Å². The quantitative estimate of drug-likeness (QED) is 0.0166. The normalized spacial score (nSPS) is 15.5. The highest BCUT2D eigenvalue weighted by molar-refractivity contribution is 7.47. The number of nitrogens with zero attached hydrogens (tertiary/aromatic N) is 1. The Balaban J connectivity index is 4.51. The van der Waals surface area contributed by atoms with Crippen LogP contribution in [-0.4, -0.2) is 84.6 Å². The Morgan fingerprint density at radius 3 is 1.90 bits per heavy atom. The molecule has 0 saturated carbocycles. The summed E-state index contributed by atoms with van der Waals surface area (Å²) in [5.41, 5.74) is 0. The van der Waals surface area contributed by atoms with Crippen molar-refractivity contribution in [3.05, 3.63) is 36.5 Å². The Kier molecular flexibility index (Phi) is 32.4. The van der Waals surface area contributed by atoms with E-state index in [2.05, 4.69) is 31.3 Å². The molecule has 9 nitrogen and oxygen atoms in total. The molecule has 0 saturated heterocycles. The number of allylic oxidation sites excluding steroid dienone is 4. The van der Waals surface area contributed by atoms with Gasteiger partial charge in [-0.3, -0.25) is 13.8 Å². The largest absolute Gasteiger partial charge is 0.472 e. The molecule has 0 aliphatic rings. The summed E-state index contributed by atoms with van der Waals surface area (Å²) in [6.45, 7) is 4.63. The van der Waals surface area contributed by atoms with Crippen molar-refractivity contribution in [2.24, 2.45) is 0 Å². The van der Waals surface area contributed by atoms with Crippen molar-refractivity contribution >= 4 is 13.7 Å². The van der Waals surface area contributed by atoms with Gasteiger partial charge in [0.2, 0.25) is 5.91 Å². The third-order valence-corrected chi connectivity index (χ3v) is 9.97. The molecule has 0 fully saturated rings. The highest BCUT2D eigenvalue weighted by Crippen LogP contribution is 2.43. The van der Waals surface area contributed by atoms with E-state index in [0.29, 0.717) is 30.3 Å². The van der Waals surface area contributed by atoms with Gasteiger partial charge in [-0.1, -0.05) is 153 Å². The average Bonchev–Trinajstić information content (AvgIpc) is 3.06. The molecule has 0 aromatic carbocycles. The number of hydrogen-bond donors (Lipinski definition) is 4. The number of phosphoric ester groups is 1. The van der Waals surface area contributed by atoms with Gasteiger partial charge in [0.25, 0.3) is 0 Å². The van der Waals surface area contributed by atoms with Crippen molar-refractivity contribution in [2.45, 2.75) is 180 Å². The summed E-state index contributed by atoms with van der Waals surface area (Å²) >= 11 is 0. The number of likely N-dealkylation sites (N-methyl/N-ethyl adjacent to an activating group) is 1. The molecule has 4 atom stereocenters. The number of aliphatic hydroxyl groups excluding tert-OH is 2. The van der Waals surface area contributed by atoms with E-state index in [0.717, 1.165) is 64.2 Å². The average molecular weight is 744 g/mol. The standard InChI is InChI=1S/C41H79N2O7P/c1-6-8-10-11-12-13-14-15-16-19-22-25-29-33-40(45)39(37-50-51(47,48)49-36-35-43(3,4)5)42-41(46)34-30-26-23-20-17-18-21-24-28-32-38(44)31-27-9-7-2/h9,21,24,27-28,32,38-40,44-45H,6-8,10-20,22-23,25-26,29-31,33-37H2,1-5H3,(H-,42,46,47,48)/p+1/b24-21+,27-9+,32-28+/t38?,39-,40+/m0/s1. The molecular weight excluding hydrogens is 663 g/mol. The minimum atomic E-state index is -4.33. The fraction of sp³-hybridized carbons (Fsp3) is 0.829. The molecule has 300 valence electrons. The van der Waals surface area contributed by atoms with Crippen LogP contribution in [0.4, 0.5) is 0 Å². The van der Waals surface area contributed by atoms with Gasteiger partial charge in [-0.25, -0.2) is 4.57 Å². The second-order valence-electron chi connectivity index (χ2n) is 15.2. The monoisotopic (exact) mass is 744 g/mol. The molecule has 0 spiro atoms. The molecule has 10 heteroatoms. The summed E-state index contributed by atoms with van der Waals surface area (Å²) < 4.78 is 23.5. The predicted molar refractivity (Wildman–Crippen MR) is 214 cm³/mol. The van der Waals surface area contributed by atoms with Crippen molar-refractivity contribution in [1.82, 2.24) is 5.32 Å². The topological polar surface area (TPSA) is 125 Å². The maximum atomic E-state index is 12.8. The van der Waals surface area contributed by atoms with Crippen molar-refractivity contribution < 1.29 is 38.0 Å². The zero-order valence-corrected chi connectivity index (χ0v) is 34.3. The lowest BCUT2D eigenvalue weighted by Gasteiger charge is -2.26. The number of amides is 1. The van der Waals surface area contributed by atoms with Crippen molar-refractivity contribution in [1.29, 1.82) is 0 Å². The first kappa shape index (κ1) is 49.7. The number of phosphoric acid groups is 1. The van der Waals surface area contributed by atoms with Crippen LogP contribution in [0.25, 0.3) is 0 Å². The Labute approximate surface area is 313 Å². The lowest BCUT2D eigenvalue weighted by molar-refractivity contribution is -0.870. The predicted octanol–water partition coefficient (Wildman–Crippen LogP) is 9.71. The fourth-order valence-corrected chi connectivity index (χ4v) is 6.40. The van der Waals surface area contributed by atoms with Gasteiger partial charge in [0.1, 0.15) is 13.2 Å². The number of hydrogen-bond acceptors (Lipinski definition) is 6. The first-order valence-electron chi connectivity index (χ1n) is 20.5. The molecule has 0 aliphatic carbocycles. The zero-order chi connectivity index (χ0) is 38.1. The van der Waals surface area contributed by atoms with Crippen LogP contribution in [0.1, 0.15) is 162 Å². The van der Waals surface area contributed by atoms with Gasteiger partial charge in [-0.15, -0.1) is 0 Å². The molecule has 0 heterocycles. The van der Waals surface area contributed by atoms with Gasteiger partial charge in [-0.2, -0.15) is 0 Å². The highest BCUT2D eigenvalue weighted by atomic mass is 31.2. The van der Waals surface area contributed by atoms with E-state index in [1.807, 2.05) is 39.4 Å². The Hall–Kier alpha value is -1.32. The Bertz CT molecular complexity index is 951. The van der Waals surface area contributed by atoms with E-state index in [4.69, 9.17) is 9.05 Å². The number of aliphatic hydroxyl groups is 2. The lowest BCUT2D eigenvalue weighted by atomic mass is 10.0. The van der Waals surface area contributed by atoms with Gasteiger partial charge < -0.3 is 24.9 Å². The molecule has 4 N–H and O–H groups in total. The maximum absolute atomic E-state index is 12.8. The number of quaternary nitrogens is 1. The molecular formula is C41H80N2O7P+. The molecule has 0 aromatic rings. The van der Waals surface area contributed by atoms with E-state index >= 15 is 0 Å². The van der Waals surface area contributed by atoms with Crippen molar-refractivity contribution in [3.63, 3.8) is 0 Å². The van der Waals surface area contributed by atoms with Gasteiger partial charge >= 0.3 is 7.82 Å². The number of rotatable bonds is 36. The SMILES string of the molecule is CC/C=C/CC(O)/C=C/C=C/CCCCCCCC(=O)N[C@@H](COP(=O)(O)OCC[N+](C)(C)C)[C@H](O)CCCCCCCCCCCCCCC. The van der Waals surface area contributed by atoms with E-state index in [-0.39, 0.29) is 19.1 Å². The molecule has 0 aliphatic heterocycles. The lowest BCUT2D eigenvalue weighted by Crippen LogP contribution is -2.46. The summed E-state index contributed by atoms with van der Waals surface area (Å²) in [4.78, 5) is 23.1. The Morgan fingerprint density at radius 1 is 0.745 bits per heavy atom. The van der Waals surface area contributed by atoms with E-state index in [1.165, 1.54) is 64.2 Å². The minimum absolute atomic E-state index is 0.0600. The van der Waals surface area contributed by atoms with Crippen LogP contribution in [0, 0.1) is 0 Å². The molecule has 51 heavy (non-hydrogen) atoms. The van der Waals surface area contributed by atoms with Crippen LogP contribution in [0.15, 0.2) is 36.5 Å². The first-order chi connectivity index (χ1) is 24.4. The first-order valence-corrected chi connectivity index (χ1v) is 22.0. The molecule has 0 rings (SSSR count). The van der Waals surface area contributed by atoms with Crippen LogP contribution in [0.5, 0.6) is 0 Å². The number of nitrogens with one attached hydrogen (secondary N) is 1. The van der Waals surface area contributed by atoms with E-state index in [1.54, 1.807) is 6.08 Å². The zero-order valence-electron chi connectivity index (χ0n) is 33.4. The van der Waals surface area contributed by atoms with Gasteiger partial charge in [0, 0.05) is 6.42 Å². The van der Waals surface area contributed by atoms with Gasteiger partial charge in [-0.05, 0) is 38.5 Å². The summed E-state index contributed by atoms with van der Waals surface area (Å²) in [7, 11) is 1.56. The number of unbranched alkanes of at least 4 members (excludes halogenated alkanes) is 17. The number of carbonyl (C=O) groups is 1.